The van der Waals surface area contributed by atoms with E-state index in [0.717, 1.165) is 32.7 Å². The molecule has 2 heterocycles. The summed E-state index contributed by atoms with van der Waals surface area (Å²) in [5, 5.41) is 3.32. The van der Waals surface area contributed by atoms with Crippen molar-refractivity contribution < 1.29 is 4.79 Å². The number of hydrogen-bond donors (Lipinski definition) is 1. The molecule has 2 aliphatic heterocycles. The lowest BCUT2D eigenvalue weighted by Crippen LogP contribution is -2.54. The Morgan fingerprint density at radius 1 is 1.31 bits per heavy atom. The van der Waals surface area contributed by atoms with Crippen LogP contribution in [0.5, 0.6) is 0 Å². The van der Waals surface area contributed by atoms with Crippen molar-refractivity contribution in [2.45, 2.75) is 38.8 Å². The Morgan fingerprint density at radius 2 is 2.00 bits per heavy atom. The van der Waals surface area contributed by atoms with Crippen LogP contribution in [-0.2, 0) is 4.79 Å². The average molecular weight is 225 g/mol. The lowest BCUT2D eigenvalue weighted by Gasteiger charge is -2.35. The standard InChI is InChI=1S/C12H23N3O/c1-10-4-3-7-15(10)12(16)11(2)14-8-5-13-6-9-14/h10-11,13H,3-9H2,1-2H3. The lowest BCUT2D eigenvalue weighted by atomic mass is 10.2. The third kappa shape index (κ3) is 2.38. The molecule has 0 saturated carbocycles. The van der Waals surface area contributed by atoms with E-state index in [4.69, 9.17) is 0 Å². The zero-order valence-electron chi connectivity index (χ0n) is 10.4. The number of piperazine rings is 1. The van der Waals surface area contributed by atoms with E-state index in [-0.39, 0.29) is 6.04 Å². The first kappa shape index (κ1) is 11.9. The predicted molar refractivity (Wildman–Crippen MR) is 64.3 cm³/mol. The van der Waals surface area contributed by atoms with Gasteiger partial charge in [0.2, 0.25) is 5.91 Å². The molecule has 0 bridgehead atoms. The third-order valence-corrected chi connectivity index (χ3v) is 3.89. The molecule has 92 valence electrons. The van der Waals surface area contributed by atoms with E-state index in [9.17, 15) is 4.79 Å². The topological polar surface area (TPSA) is 35.6 Å². The van der Waals surface area contributed by atoms with Gasteiger partial charge >= 0.3 is 0 Å². The molecular formula is C12H23N3O. The number of carbonyl (C=O) groups excluding carboxylic acids is 1. The van der Waals surface area contributed by atoms with Gasteiger partial charge in [-0.25, -0.2) is 0 Å². The number of nitrogens with zero attached hydrogens (tertiary/aromatic N) is 2. The molecule has 2 rings (SSSR count). The second-order valence-electron chi connectivity index (χ2n) is 4.98. The fourth-order valence-corrected chi connectivity index (χ4v) is 2.73. The normalized spacial score (nSPS) is 29.4. The number of hydrogen-bond acceptors (Lipinski definition) is 3. The van der Waals surface area contributed by atoms with E-state index in [1.54, 1.807) is 0 Å². The maximum absolute atomic E-state index is 12.3. The van der Waals surface area contributed by atoms with Crippen molar-refractivity contribution >= 4 is 5.91 Å². The van der Waals surface area contributed by atoms with Gasteiger partial charge in [0.25, 0.3) is 0 Å². The average Bonchev–Trinajstić information content (AvgIpc) is 2.75. The highest BCUT2D eigenvalue weighted by Gasteiger charge is 2.31. The molecule has 0 aromatic rings. The highest BCUT2D eigenvalue weighted by atomic mass is 16.2. The number of amides is 1. The number of rotatable bonds is 2. The van der Waals surface area contributed by atoms with Gasteiger partial charge in [-0.3, -0.25) is 9.69 Å². The maximum atomic E-state index is 12.3. The fourth-order valence-electron chi connectivity index (χ4n) is 2.73. The van der Waals surface area contributed by atoms with Gasteiger partial charge in [-0.2, -0.15) is 0 Å². The Bertz CT molecular complexity index is 251. The van der Waals surface area contributed by atoms with Crippen LogP contribution in [-0.4, -0.2) is 60.5 Å². The SMILES string of the molecule is CC(C(=O)N1CCCC1C)N1CCNCC1. The van der Waals surface area contributed by atoms with E-state index in [1.165, 1.54) is 12.8 Å². The Labute approximate surface area is 98.0 Å². The van der Waals surface area contributed by atoms with Gasteiger partial charge in [-0.15, -0.1) is 0 Å². The Morgan fingerprint density at radius 3 is 2.56 bits per heavy atom. The van der Waals surface area contributed by atoms with Crippen molar-refractivity contribution in [3.8, 4) is 0 Å². The molecule has 2 aliphatic rings. The summed E-state index contributed by atoms with van der Waals surface area (Å²) < 4.78 is 0. The zero-order chi connectivity index (χ0) is 11.5. The molecule has 2 atom stereocenters. The molecule has 2 saturated heterocycles. The van der Waals surface area contributed by atoms with Gasteiger partial charge in [0.1, 0.15) is 0 Å². The predicted octanol–water partition coefficient (Wildman–Crippen LogP) is 0.291. The van der Waals surface area contributed by atoms with Gasteiger partial charge in [0.05, 0.1) is 6.04 Å². The fraction of sp³-hybridized carbons (Fsp3) is 0.917. The van der Waals surface area contributed by atoms with Crippen LogP contribution in [0.1, 0.15) is 26.7 Å². The van der Waals surface area contributed by atoms with E-state index in [0.29, 0.717) is 11.9 Å². The molecular weight excluding hydrogens is 202 g/mol. The molecule has 0 spiro atoms. The van der Waals surface area contributed by atoms with Crippen LogP contribution in [0.15, 0.2) is 0 Å². The number of likely N-dealkylation sites (tertiary alicyclic amines) is 1. The van der Waals surface area contributed by atoms with E-state index < -0.39 is 0 Å². The summed E-state index contributed by atoms with van der Waals surface area (Å²) >= 11 is 0. The molecule has 4 heteroatoms. The minimum Gasteiger partial charge on any atom is -0.339 e. The molecule has 1 amide bonds. The molecule has 0 aromatic carbocycles. The minimum absolute atomic E-state index is 0.0580. The molecule has 4 nitrogen and oxygen atoms in total. The van der Waals surface area contributed by atoms with Crippen molar-refractivity contribution in [1.29, 1.82) is 0 Å². The summed E-state index contributed by atoms with van der Waals surface area (Å²) in [6, 6.07) is 0.500. The van der Waals surface area contributed by atoms with Crippen molar-refractivity contribution in [2.75, 3.05) is 32.7 Å². The molecule has 1 N–H and O–H groups in total. The number of carbonyl (C=O) groups is 1. The third-order valence-electron chi connectivity index (χ3n) is 3.89. The Kier molecular flexibility index (Phi) is 3.82. The highest BCUT2D eigenvalue weighted by molar-refractivity contribution is 5.82. The molecule has 2 fully saturated rings. The monoisotopic (exact) mass is 225 g/mol. The van der Waals surface area contributed by atoms with Gasteiger partial charge in [-0.1, -0.05) is 0 Å². The zero-order valence-corrected chi connectivity index (χ0v) is 10.4. The summed E-state index contributed by atoms with van der Waals surface area (Å²) in [6.07, 6.45) is 2.33. The van der Waals surface area contributed by atoms with Gasteiger partial charge in [-0.05, 0) is 26.7 Å². The molecule has 16 heavy (non-hydrogen) atoms. The summed E-state index contributed by atoms with van der Waals surface area (Å²) in [6.45, 7) is 9.18. The second-order valence-corrected chi connectivity index (χ2v) is 4.98. The first-order valence-corrected chi connectivity index (χ1v) is 6.45. The second kappa shape index (κ2) is 5.15. The first-order valence-electron chi connectivity index (χ1n) is 6.45. The molecule has 0 radical (unpaired) electrons. The van der Waals surface area contributed by atoms with Gasteiger partial charge < -0.3 is 10.2 Å². The molecule has 0 aliphatic carbocycles. The van der Waals surface area contributed by atoms with Crippen LogP contribution in [0.2, 0.25) is 0 Å². The van der Waals surface area contributed by atoms with Crippen LogP contribution in [0.25, 0.3) is 0 Å². The molecule has 0 aromatic heterocycles. The maximum Gasteiger partial charge on any atom is 0.239 e. The van der Waals surface area contributed by atoms with Crippen LogP contribution >= 0.6 is 0 Å². The van der Waals surface area contributed by atoms with Gasteiger partial charge in [0, 0.05) is 38.8 Å². The largest absolute Gasteiger partial charge is 0.339 e. The van der Waals surface area contributed by atoms with Crippen molar-refractivity contribution in [1.82, 2.24) is 15.1 Å². The number of nitrogens with one attached hydrogen (secondary N) is 1. The summed E-state index contributed by atoms with van der Waals surface area (Å²) in [7, 11) is 0. The Hall–Kier alpha value is -0.610. The van der Waals surface area contributed by atoms with Crippen molar-refractivity contribution in [3.05, 3.63) is 0 Å². The van der Waals surface area contributed by atoms with Crippen molar-refractivity contribution in [3.63, 3.8) is 0 Å². The van der Waals surface area contributed by atoms with Crippen LogP contribution < -0.4 is 5.32 Å². The first-order chi connectivity index (χ1) is 7.70. The summed E-state index contributed by atoms with van der Waals surface area (Å²) in [4.78, 5) is 16.7. The Balaban J connectivity index is 1.92. The van der Waals surface area contributed by atoms with E-state index in [1.807, 2.05) is 0 Å². The van der Waals surface area contributed by atoms with Crippen LogP contribution in [0, 0.1) is 0 Å². The summed E-state index contributed by atoms with van der Waals surface area (Å²) in [5.74, 6) is 0.326. The van der Waals surface area contributed by atoms with Crippen LogP contribution in [0.4, 0.5) is 0 Å². The van der Waals surface area contributed by atoms with Gasteiger partial charge in [0.15, 0.2) is 0 Å². The van der Waals surface area contributed by atoms with Crippen molar-refractivity contribution in [2.24, 2.45) is 0 Å². The van der Waals surface area contributed by atoms with Crippen LogP contribution in [0.3, 0.4) is 0 Å². The van der Waals surface area contributed by atoms with E-state index >= 15 is 0 Å². The summed E-state index contributed by atoms with van der Waals surface area (Å²) in [5.41, 5.74) is 0. The quantitative estimate of drug-likeness (QED) is 0.734. The minimum atomic E-state index is 0.0580. The highest BCUT2D eigenvalue weighted by Crippen LogP contribution is 2.18. The van der Waals surface area contributed by atoms with E-state index in [2.05, 4.69) is 29.0 Å². The smallest absolute Gasteiger partial charge is 0.239 e. The lowest BCUT2D eigenvalue weighted by molar-refractivity contribution is -0.137. The molecule has 2 unspecified atom stereocenters.